The van der Waals surface area contributed by atoms with Crippen molar-refractivity contribution in [1.29, 1.82) is 0 Å². The second kappa shape index (κ2) is 6.20. The molecule has 3 aliphatic rings. The van der Waals surface area contributed by atoms with Gasteiger partial charge in [-0.1, -0.05) is 0 Å². The van der Waals surface area contributed by atoms with Crippen molar-refractivity contribution in [2.24, 2.45) is 0 Å². The lowest BCUT2D eigenvalue weighted by Gasteiger charge is -2.29. The smallest absolute Gasteiger partial charge is 0.158 e. The number of hydrogen-bond donors (Lipinski definition) is 0. The van der Waals surface area contributed by atoms with Crippen molar-refractivity contribution >= 4 is 11.3 Å². The van der Waals surface area contributed by atoms with Gasteiger partial charge in [-0.3, -0.25) is 0 Å². The van der Waals surface area contributed by atoms with E-state index in [-0.39, 0.29) is 6.10 Å². The molecule has 0 spiro atoms. The zero-order chi connectivity index (χ0) is 18.7. The van der Waals surface area contributed by atoms with E-state index < -0.39 is 0 Å². The molecule has 1 aliphatic carbocycles. The van der Waals surface area contributed by atoms with Crippen molar-refractivity contribution in [2.45, 2.75) is 57.6 Å². The van der Waals surface area contributed by atoms with Gasteiger partial charge >= 0.3 is 0 Å². The maximum absolute atomic E-state index is 5.93. The van der Waals surface area contributed by atoms with E-state index in [1.165, 1.54) is 24.1 Å². The highest BCUT2D eigenvalue weighted by Crippen LogP contribution is 2.39. The lowest BCUT2D eigenvalue weighted by Crippen LogP contribution is -2.32. The molecule has 8 heteroatoms. The van der Waals surface area contributed by atoms with Crippen LogP contribution in [0.2, 0.25) is 0 Å². The van der Waals surface area contributed by atoms with Gasteiger partial charge in [-0.05, 0) is 32.6 Å². The minimum Gasteiger partial charge on any atom is -0.372 e. The fraction of sp³-hybridized carbons (Fsp3) is 0.550. The predicted molar refractivity (Wildman–Crippen MR) is 102 cm³/mol. The van der Waals surface area contributed by atoms with E-state index in [1.54, 1.807) is 6.33 Å². The van der Waals surface area contributed by atoms with Crippen LogP contribution in [-0.2, 0) is 17.7 Å². The molecule has 2 aliphatic heterocycles. The molecule has 8 nitrogen and oxygen atoms in total. The van der Waals surface area contributed by atoms with E-state index in [4.69, 9.17) is 14.7 Å². The van der Waals surface area contributed by atoms with E-state index in [9.17, 15) is 0 Å². The first-order valence-corrected chi connectivity index (χ1v) is 10.2. The number of imidazole rings is 1. The molecule has 0 aromatic carbocycles. The molecule has 1 unspecified atom stereocenters. The fourth-order valence-electron chi connectivity index (χ4n) is 4.39. The van der Waals surface area contributed by atoms with Gasteiger partial charge in [0, 0.05) is 43.8 Å². The number of ether oxygens (including phenoxy) is 1. The Kier molecular flexibility index (Phi) is 3.62. The highest BCUT2D eigenvalue weighted by molar-refractivity contribution is 5.72. The molecule has 1 saturated carbocycles. The van der Waals surface area contributed by atoms with E-state index >= 15 is 0 Å². The number of fused-ring (bicyclic) bond motifs is 2. The zero-order valence-corrected chi connectivity index (χ0v) is 16.0. The van der Waals surface area contributed by atoms with Crippen LogP contribution >= 0.6 is 0 Å². The Morgan fingerprint density at radius 1 is 1.14 bits per heavy atom. The van der Waals surface area contributed by atoms with Gasteiger partial charge in [0.1, 0.15) is 35.3 Å². The molecular weight excluding hydrogens is 354 g/mol. The van der Waals surface area contributed by atoms with Crippen LogP contribution in [0.1, 0.15) is 66.3 Å². The van der Waals surface area contributed by atoms with Gasteiger partial charge < -0.3 is 9.64 Å². The summed E-state index contributed by atoms with van der Waals surface area (Å²) < 4.78 is 7.83. The zero-order valence-electron chi connectivity index (χ0n) is 16.0. The van der Waals surface area contributed by atoms with Crippen molar-refractivity contribution < 1.29 is 4.74 Å². The van der Waals surface area contributed by atoms with Gasteiger partial charge in [0.2, 0.25) is 0 Å². The van der Waals surface area contributed by atoms with Crippen LogP contribution in [0.15, 0.2) is 12.5 Å². The highest BCUT2D eigenvalue weighted by atomic mass is 16.5. The van der Waals surface area contributed by atoms with Gasteiger partial charge in [-0.2, -0.15) is 5.10 Å². The third-order valence-electron chi connectivity index (χ3n) is 6.03. The minimum absolute atomic E-state index is 0.0370. The Hall–Kier alpha value is -2.61. The lowest BCUT2D eigenvalue weighted by molar-refractivity contribution is 0.110. The topological polar surface area (TPSA) is 81.3 Å². The number of aromatic nitrogens is 6. The average Bonchev–Trinajstić information content (AvgIpc) is 3.33. The predicted octanol–water partition coefficient (Wildman–Crippen LogP) is 2.51. The molecule has 0 N–H and O–H groups in total. The summed E-state index contributed by atoms with van der Waals surface area (Å²) >= 11 is 0. The first-order chi connectivity index (χ1) is 13.8. The largest absolute Gasteiger partial charge is 0.372 e. The Bertz CT molecular complexity index is 1050. The molecule has 0 amide bonds. The van der Waals surface area contributed by atoms with Crippen LogP contribution in [0, 0.1) is 6.92 Å². The normalized spacial score (nSPS) is 22.0. The molecule has 0 bridgehead atoms. The Morgan fingerprint density at radius 3 is 2.89 bits per heavy atom. The van der Waals surface area contributed by atoms with Gasteiger partial charge in [0.25, 0.3) is 0 Å². The summed E-state index contributed by atoms with van der Waals surface area (Å²) in [5, 5.41) is 4.45. The van der Waals surface area contributed by atoms with Crippen molar-refractivity contribution in [1.82, 2.24) is 29.5 Å². The summed E-state index contributed by atoms with van der Waals surface area (Å²) in [6.07, 6.45) is 9.13. The van der Waals surface area contributed by atoms with Crippen LogP contribution in [0.5, 0.6) is 0 Å². The molecule has 3 aromatic heterocycles. The van der Waals surface area contributed by atoms with Crippen molar-refractivity contribution in [3.63, 3.8) is 0 Å². The van der Waals surface area contributed by atoms with Gasteiger partial charge in [0.05, 0.1) is 5.69 Å². The molecule has 3 aromatic rings. The molecule has 1 saturated heterocycles. The Morgan fingerprint density at radius 2 is 2.07 bits per heavy atom. The number of aryl methyl sites for hydroxylation is 1. The third kappa shape index (κ3) is 2.58. The molecule has 144 valence electrons. The molecule has 28 heavy (non-hydrogen) atoms. The van der Waals surface area contributed by atoms with Gasteiger partial charge in [-0.25, -0.2) is 24.5 Å². The second-order valence-corrected chi connectivity index (χ2v) is 8.04. The van der Waals surface area contributed by atoms with Crippen LogP contribution in [0.25, 0.3) is 5.52 Å². The second-order valence-electron chi connectivity index (χ2n) is 8.04. The molecule has 6 rings (SSSR count). The number of hydrogen-bond acceptors (Lipinski definition) is 7. The third-order valence-corrected chi connectivity index (χ3v) is 6.03. The summed E-state index contributed by atoms with van der Waals surface area (Å²) in [5.74, 6) is 3.43. The van der Waals surface area contributed by atoms with E-state index in [2.05, 4.69) is 20.0 Å². The van der Waals surface area contributed by atoms with Gasteiger partial charge in [-0.15, -0.1) is 0 Å². The SMILES string of the molecule is Cc1nc(C2CCCO2)c2c(N3CCc4nc(C5CC5)ncc4C3)ncnn12. The molecule has 2 fully saturated rings. The molecular formula is C20H23N7O. The van der Waals surface area contributed by atoms with Gasteiger partial charge in [0.15, 0.2) is 5.82 Å². The summed E-state index contributed by atoms with van der Waals surface area (Å²) in [6, 6.07) is 0. The molecule has 5 heterocycles. The van der Waals surface area contributed by atoms with E-state index in [0.717, 1.165) is 67.6 Å². The summed E-state index contributed by atoms with van der Waals surface area (Å²) in [4.78, 5) is 21.2. The summed E-state index contributed by atoms with van der Waals surface area (Å²) in [6.45, 7) is 4.43. The van der Waals surface area contributed by atoms with Crippen molar-refractivity contribution in [2.75, 3.05) is 18.1 Å². The average molecular weight is 377 g/mol. The quantitative estimate of drug-likeness (QED) is 0.694. The van der Waals surface area contributed by atoms with Crippen LogP contribution in [0.4, 0.5) is 5.82 Å². The first kappa shape index (κ1) is 16.4. The summed E-state index contributed by atoms with van der Waals surface area (Å²) in [7, 11) is 0. The number of nitrogens with zero attached hydrogens (tertiary/aromatic N) is 7. The molecule has 1 atom stereocenters. The lowest BCUT2D eigenvalue weighted by atomic mass is 10.1. The van der Waals surface area contributed by atoms with Crippen LogP contribution < -0.4 is 4.90 Å². The first-order valence-electron chi connectivity index (χ1n) is 10.2. The Labute approximate surface area is 163 Å². The number of rotatable bonds is 3. The van der Waals surface area contributed by atoms with Crippen molar-refractivity contribution in [3.8, 4) is 0 Å². The van der Waals surface area contributed by atoms with Crippen LogP contribution in [0.3, 0.4) is 0 Å². The maximum Gasteiger partial charge on any atom is 0.158 e. The molecule has 0 radical (unpaired) electrons. The minimum atomic E-state index is 0.0370. The van der Waals surface area contributed by atoms with E-state index in [0.29, 0.717) is 5.92 Å². The Balaban J connectivity index is 1.39. The number of anilines is 1. The monoisotopic (exact) mass is 377 g/mol. The standard InChI is InChI=1S/C20H23N7O/c1-12-24-17(16-3-2-8-28-16)18-20(22-11-23-27(12)18)26-7-6-15-14(10-26)9-21-19(25-15)13-4-5-13/h9,11,13,16H,2-8,10H2,1H3. The summed E-state index contributed by atoms with van der Waals surface area (Å²) in [5.41, 5.74) is 4.34. The fourth-order valence-corrected chi connectivity index (χ4v) is 4.39. The highest BCUT2D eigenvalue weighted by Gasteiger charge is 2.31. The van der Waals surface area contributed by atoms with E-state index in [1.807, 2.05) is 17.6 Å². The maximum atomic E-state index is 5.93. The van der Waals surface area contributed by atoms with Crippen molar-refractivity contribution in [3.05, 3.63) is 41.1 Å². The van der Waals surface area contributed by atoms with Crippen LogP contribution in [-0.4, -0.2) is 42.7 Å².